The van der Waals surface area contributed by atoms with Crippen molar-refractivity contribution in [2.45, 2.75) is 157 Å². The summed E-state index contributed by atoms with van der Waals surface area (Å²) >= 11 is 0. The van der Waals surface area contributed by atoms with E-state index in [1.807, 2.05) is 0 Å². The average molecular weight is 1140 g/mol. The first-order valence-corrected chi connectivity index (χ1v) is 31.5. The van der Waals surface area contributed by atoms with Crippen LogP contribution in [0, 0.1) is 0 Å². The van der Waals surface area contributed by atoms with E-state index in [1.54, 1.807) is 0 Å². The van der Waals surface area contributed by atoms with Crippen LogP contribution in [0.15, 0.2) is 200 Å². The molecule has 0 saturated heterocycles. The van der Waals surface area contributed by atoms with Gasteiger partial charge in [-0.3, -0.25) is 0 Å². The number of nitrogens with zero attached hydrogens (tertiary/aromatic N) is 4. The number of hydrogen-bond donors (Lipinski definition) is 0. The van der Waals surface area contributed by atoms with Gasteiger partial charge in [-0.2, -0.15) is 0 Å². The summed E-state index contributed by atoms with van der Waals surface area (Å²) in [6.07, 6.45) is 0. The van der Waals surface area contributed by atoms with Crippen molar-refractivity contribution in [1.29, 1.82) is 0 Å². The van der Waals surface area contributed by atoms with Crippen LogP contribution in [-0.2, 0) is 32.5 Å². The predicted molar refractivity (Wildman–Crippen MR) is 375 cm³/mol. The Morgan fingerprint density at radius 3 is 0.908 bits per heavy atom. The van der Waals surface area contributed by atoms with E-state index in [4.69, 9.17) is 9.97 Å². The Balaban J connectivity index is 1.21. The molecule has 0 aliphatic carbocycles. The van der Waals surface area contributed by atoms with Gasteiger partial charge in [-0.25, -0.2) is 9.97 Å². The molecular formula is C82H87BN4. The van der Waals surface area contributed by atoms with Crippen LogP contribution in [0.25, 0.3) is 56.2 Å². The van der Waals surface area contributed by atoms with E-state index in [0.717, 1.165) is 50.8 Å². The fourth-order valence-corrected chi connectivity index (χ4v) is 12.6. The van der Waals surface area contributed by atoms with Crippen LogP contribution in [0.3, 0.4) is 0 Å². The normalized spacial score (nSPS) is 13.6. The van der Waals surface area contributed by atoms with Gasteiger partial charge in [0.05, 0.1) is 11.4 Å². The molecule has 0 fully saturated rings. The van der Waals surface area contributed by atoms with Crippen molar-refractivity contribution in [3.8, 4) is 56.2 Å². The number of aromatic nitrogens is 2. The molecule has 12 rings (SSSR count). The van der Waals surface area contributed by atoms with Crippen molar-refractivity contribution in [2.24, 2.45) is 0 Å². The lowest BCUT2D eigenvalue weighted by atomic mass is 9.33. The lowest BCUT2D eigenvalue weighted by Crippen LogP contribution is -2.61. The monoisotopic (exact) mass is 1140 g/mol. The maximum Gasteiger partial charge on any atom is 0.252 e. The van der Waals surface area contributed by atoms with Gasteiger partial charge in [-0.15, -0.1) is 0 Å². The van der Waals surface area contributed by atoms with Crippen molar-refractivity contribution in [2.75, 3.05) is 9.80 Å². The van der Waals surface area contributed by atoms with E-state index in [1.165, 1.54) is 83.4 Å². The highest BCUT2D eigenvalue weighted by atomic mass is 15.2. The molecule has 0 unspecified atom stereocenters. The number of benzene rings is 9. The third-order valence-corrected chi connectivity index (χ3v) is 18.2. The molecule has 0 atom stereocenters. The Hall–Kier alpha value is -8.28. The summed E-state index contributed by atoms with van der Waals surface area (Å²) in [5.41, 5.74) is 27.3. The third-order valence-electron chi connectivity index (χ3n) is 18.2. The fraction of sp³-hybridized carbons (Fsp3) is 0.293. The molecule has 0 N–H and O–H groups in total. The Bertz CT molecular complexity index is 3910. The van der Waals surface area contributed by atoms with Crippen molar-refractivity contribution < 1.29 is 0 Å². The minimum atomic E-state index is -0.112. The van der Waals surface area contributed by atoms with Crippen LogP contribution >= 0.6 is 0 Å². The van der Waals surface area contributed by atoms with Crippen molar-refractivity contribution in [3.63, 3.8) is 0 Å². The molecule has 3 heterocycles. The molecule has 1 aromatic heterocycles. The van der Waals surface area contributed by atoms with E-state index in [2.05, 4.69) is 335 Å². The lowest BCUT2D eigenvalue weighted by Gasteiger charge is -2.45. The zero-order chi connectivity index (χ0) is 61.9. The van der Waals surface area contributed by atoms with Crippen molar-refractivity contribution in [3.05, 3.63) is 234 Å². The Labute approximate surface area is 520 Å². The van der Waals surface area contributed by atoms with E-state index < -0.39 is 0 Å². The van der Waals surface area contributed by atoms with Gasteiger partial charge >= 0.3 is 0 Å². The van der Waals surface area contributed by atoms with E-state index in [0.29, 0.717) is 5.82 Å². The molecule has 87 heavy (non-hydrogen) atoms. The van der Waals surface area contributed by atoms with Gasteiger partial charge in [0.25, 0.3) is 6.71 Å². The van der Waals surface area contributed by atoms with Gasteiger partial charge in [0, 0.05) is 50.8 Å². The second kappa shape index (κ2) is 21.3. The summed E-state index contributed by atoms with van der Waals surface area (Å²) in [5.74, 6) is 0.678. The van der Waals surface area contributed by atoms with Crippen LogP contribution in [0.2, 0.25) is 0 Å². The Kier molecular flexibility index (Phi) is 14.4. The average Bonchev–Trinajstić information content (AvgIpc) is 0.726. The second-order valence-electron chi connectivity index (χ2n) is 31.0. The van der Waals surface area contributed by atoms with E-state index in [-0.39, 0.29) is 39.2 Å². The molecule has 0 bridgehead atoms. The van der Waals surface area contributed by atoms with Gasteiger partial charge in [-0.1, -0.05) is 246 Å². The maximum absolute atomic E-state index is 5.87. The van der Waals surface area contributed by atoms with Crippen LogP contribution in [-0.4, -0.2) is 16.7 Å². The first-order chi connectivity index (χ1) is 40.9. The predicted octanol–water partition coefficient (Wildman–Crippen LogP) is 20.7. The summed E-state index contributed by atoms with van der Waals surface area (Å²) in [4.78, 5) is 16.8. The lowest BCUT2D eigenvalue weighted by molar-refractivity contribution is 0.568. The molecular weight excluding hydrogens is 1050 g/mol. The Morgan fingerprint density at radius 2 is 0.586 bits per heavy atom. The number of rotatable bonds is 7. The SMILES string of the molecule is CC(C)(C)c1cc(-c2cc(-c3cc(C(C)(C)C)cc(C(C)(C)C)c3)nc(-c3cc4c5c(c3)N(c3ccc(-c6ccccc6)cc3)c3cc(C(C)(C)C)ccc3B5c3ccc(C(C)(C)C)cc3N4c3ccc(-c4ccccc4)cc3)n2)cc(C(C)(C)C)c1. The van der Waals surface area contributed by atoms with Crippen molar-refractivity contribution in [1.82, 2.24) is 9.97 Å². The maximum atomic E-state index is 5.87. The van der Waals surface area contributed by atoms with Gasteiger partial charge in [0.15, 0.2) is 5.82 Å². The highest BCUT2D eigenvalue weighted by molar-refractivity contribution is 7.00. The molecule has 10 aromatic rings. The van der Waals surface area contributed by atoms with Gasteiger partial charge in [-0.05, 0) is 183 Å². The van der Waals surface area contributed by atoms with Gasteiger partial charge < -0.3 is 9.80 Å². The molecule has 4 nitrogen and oxygen atoms in total. The Morgan fingerprint density at radius 1 is 0.264 bits per heavy atom. The molecule has 0 spiro atoms. The molecule has 0 amide bonds. The molecule has 438 valence electrons. The first kappa shape index (κ1) is 59.1. The standard InChI is InChI=1S/C82H87BN4/c1-77(2,3)59-33-39-67-71(49-59)86(65-35-29-54(30-36-65)52-25-21-19-22-26-52)73-45-58(46-74-75(73)83(67)68-40-34-60(78(4,5)6)50-72(68)87(74)66-37-31-55(32-38-66)53-27-23-20-24-28-53)76-84-69(56-41-61(79(7,8)9)47-62(42-56)80(10,11)12)51-70(85-76)57-43-63(81(13,14)15)48-64(44-57)82(16,17)18/h19-51H,1-18H3. The summed E-state index contributed by atoms with van der Waals surface area (Å²) in [6, 6.07) is 76.0. The van der Waals surface area contributed by atoms with Crippen LogP contribution in [0.5, 0.6) is 0 Å². The zero-order valence-electron chi connectivity index (χ0n) is 54.9. The molecule has 9 aromatic carbocycles. The number of anilines is 6. The van der Waals surface area contributed by atoms with Gasteiger partial charge in [0.1, 0.15) is 0 Å². The van der Waals surface area contributed by atoms with E-state index in [9.17, 15) is 0 Å². The van der Waals surface area contributed by atoms with Crippen LogP contribution in [0.4, 0.5) is 34.1 Å². The fourth-order valence-electron chi connectivity index (χ4n) is 12.6. The molecule has 0 saturated carbocycles. The highest BCUT2D eigenvalue weighted by Gasteiger charge is 2.45. The second-order valence-corrected chi connectivity index (χ2v) is 31.0. The smallest absolute Gasteiger partial charge is 0.252 e. The molecule has 0 radical (unpaired) electrons. The summed E-state index contributed by atoms with van der Waals surface area (Å²) in [7, 11) is 0. The summed E-state index contributed by atoms with van der Waals surface area (Å²) < 4.78 is 0. The first-order valence-electron chi connectivity index (χ1n) is 31.5. The summed E-state index contributed by atoms with van der Waals surface area (Å²) in [5, 5.41) is 0. The molecule has 5 heteroatoms. The topological polar surface area (TPSA) is 32.3 Å². The van der Waals surface area contributed by atoms with Crippen molar-refractivity contribution >= 4 is 57.2 Å². The third kappa shape index (κ3) is 11.4. The number of fused-ring (bicyclic) bond motifs is 4. The van der Waals surface area contributed by atoms with Crippen LogP contribution in [0.1, 0.15) is 158 Å². The summed E-state index contributed by atoms with van der Waals surface area (Å²) in [6.45, 7) is 41.7. The zero-order valence-corrected chi connectivity index (χ0v) is 54.9. The van der Waals surface area contributed by atoms with Gasteiger partial charge in [0.2, 0.25) is 0 Å². The largest absolute Gasteiger partial charge is 0.311 e. The van der Waals surface area contributed by atoms with Crippen LogP contribution < -0.4 is 26.2 Å². The minimum absolute atomic E-state index is 0.0912. The molecule has 2 aliphatic rings. The quantitative estimate of drug-likeness (QED) is 0.149. The van der Waals surface area contributed by atoms with E-state index >= 15 is 0 Å². The minimum Gasteiger partial charge on any atom is -0.311 e. The highest BCUT2D eigenvalue weighted by Crippen LogP contribution is 2.49. The number of hydrogen-bond acceptors (Lipinski definition) is 4. The molecule has 2 aliphatic heterocycles.